The van der Waals surface area contributed by atoms with Crippen molar-refractivity contribution in [2.75, 3.05) is 6.61 Å². The first-order chi connectivity index (χ1) is 17.5. The highest BCUT2D eigenvalue weighted by Crippen LogP contribution is 2.44. The lowest BCUT2D eigenvalue weighted by Crippen LogP contribution is -2.31. The van der Waals surface area contributed by atoms with Crippen molar-refractivity contribution in [2.45, 2.75) is 25.3 Å². The Balaban J connectivity index is 1.29. The van der Waals surface area contributed by atoms with Crippen LogP contribution < -0.4 is 5.32 Å². The summed E-state index contributed by atoms with van der Waals surface area (Å²) < 4.78 is 5.60. The van der Waals surface area contributed by atoms with Crippen molar-refractivity contribution in [1.29, 1.82) is 0 Å². The zero-order valence-corrected chi connectivity index (χ0v) is 19.5. The summed E-state index contributed by atoms with van der Waals surface area (Å²) in [6, 6.07) is 22.3. The molecule has 0 saturated heterocycles. The Labute approximate surface area is 207 Å². The molecule has 9 nitrogen and oxygen atoms in total. The molecule has 0 unspecified atom stereocenters. The summed E-state index contributed by atoms with van der Waals surface area (Å²) in [5.41, 5.74) is 5.76. The molecular weight excluding hydrogens is 458 g/mol. The third-order valence-corrected chi connectivity index (χ3v) is 6.16. The SMILES string of the molecule is Cc1nnc(-c2ccc([C@@H](CC(=O)O)NC(=O)OCC3c4ccccc4-c4ccccc43)cc2)nn1. The number of hydrogen-bond acceptors (Lipinski definition) is 7. The maximum absolute atomic E-state index is 12.7. The molecule has 1 atom stereocenters. The van der Waals surface area contributed by atoms with Crippen LogP contribution in [0.25, 0.3) is 22.5 Å². The summed E-state index contributed by atoms with van der Waals surface area (Å²) in [4.78, 5) is 24.2. The van der Waals surface area contributed by atoms with Gasteiger partial charge in [0.15, 0.2) is 5.82 Å². The maximum atomic E-state index is 12.7. The van der Waals surface area contributed by atoms with Crippen molar-refractivity contribution in [1.82, 2.24) is 25.7 Å². The molecule has 9 heteroatoms. The third kappa shape index (κ3) is 4.76. The Morgan fingerprint density at radius 2 is 1.47 bits per heavy atom. The predicted octanol–water partition coefficient (Wildman–Crippen LogP) is 4.30. The summed E-state index contributed by atoms with van der Waals surface area (Å²) in [6.45, 7) is 1.84. The molecule has 4 aromatic rings. The number of rotatable bonds is 7. The summed E-state index contributed by atoms with van der Waals surface area (Å²) in [7, 11) is 0. The molecule has 0 spiro atoms. The average molecular weight is 482 g/mol. The largest absolute Gasteiger partial charge is 0.481 e. The molecule has 1 heterocycles. The van der Waals surface area contributed by atoms with Gasteiger partial charge in [-0.2, -0.15) is 0 Å². The summed E-state index contributed by atoms with van der Waals surface area (Å²) in [5.74, 6) is -0.314. The number of nitrogens with one attached hydrogen (secondary N) is 1. The number of fused-ring (bicyclic) bond motifs is 3. The minimum Gasteiger partial charge on any atom is -0.481 e. The monoisotopic (exact) mass is 481 g/mol. The van der Waals surface area contributed by atoms with Crippen LogP contribution >= 0.6 is 0 Å². The molecule has 1 aliphatic carbocycles. The van der Waals surface area contributed by atoms with E-state index in [2.05, 4.69) is 37.8 Å². The molecule has 0 aliphatic heterocycles. The molecular formula is C27H23N5O4. The van der Waals surface area contributed by atoms with Crippen LogP contribution in [0.3, 0.4) is 0 Å². The predicted molar refractivity (Wildman–Crippen MR) is 131 cm³/mol. The van der Waals surface area contributed by atoms with Gasteiger partial charge in [0.05, 0.1) is 12.5 Å². The van der Waals surface area contributed by atoms with Gasteiger partial charge in [0.2, 0.25) is 5.82 Å². The van der Waals surface area contributed by atoms with Crippen LogP contribution in [0.2, 0.25) is 0 Å². The Morgan fingerprint density at radius 1 is 0.889 bits per heavy atom. The Morgan fingerprint density at radius 3 is 2.06 bits per heavy atom. The fourth-order valence-corrected chi connectivity index (χ4v) is 4.47. The van der Waals surface area contributed by atoms with Crippen molar-refractivity contribution in [3.05, 3.63) is 95.3 Å². The van der Waals surface area contributed by atoms with Crippen LogP contribution in [0.15, 0.2) is 72.8 Å². The first kappa shape index (κ1) is 23.1. The number of carboxylic acid groups (broad SMARTS) is 1. The van der Waals surface area contributed by atoms with Crippen LogP contribution in [-0.2, 0) is 9.53 Å². The number of aromatic nitrogens is 4. The number of hydrogen-bond donors (Lipinski definition) is 2. The van der Waals surface area contributed by atoms with Gasteiger partial charge < -0.3 is 15.2 Å². The van der Waals surface area contributed by atoms with E-state index >= 15 is 0 Å². The molecule has 0 saturated carbocycles. The zero-order chi connectivity index (χ0) is 25.1. The van der Waals surface area contributed by atoms with Crippen molar-refractivity contribution in [3.63, 3.8) is 0 Å². The Kier molecular flexibility index (Phi) is 6.36. The normalized spacial score (nSPS) is 12.9. The number of amides is 1. The van der Waals surface area contributed by atoms with Crippen molar-refractivity contribution >= 4 is 12.1 Å². The van der Waals surface area contributed by atoms with Gasteiger partial charge in [-0.05, 0) is 34.7 Å². The number of benzene rings is 3. The molecule has 0 bridgehead atoms. The second-order valence-corrected chi connectivity index (χ2v) is 8.51. The maximum Gasteiger partial charge on any atom is 0.407 e. The first-order valence-corrected chi connectivity index (χ1v) is 11.5. The van der Waals surface area contributed by atoms with Crippen molar-refractivity contribution in [2.24, 2.45) is 0 Å². The molecule has 36 heavy (non-hydrogen) atoms. The highest BCUT2D eigenvalue weighted by atomic mass is 16.5. The van der Waals surface area contributed by atoms with E-state index in [9.17, 15) is 14.7 Å². The summed E-state index contributed by atoms with van der Waals surface area (Å²) in [5, 5.41) is 27.9. The number of alkyl carbamates (subject to hydrolysis) is 1. The van der Waals surface area contributed by atoms with Gasteiger partial charge in [0.25, 0.3) is 0 Å². The quantitative estimate of drug-likeness (QED) is 0.400. The van der Waals surface area contributed by atoms with Gasteiger partial charge in [-0.3, -0.25) is 4.79 Å². The molecule has 0 radical (unpaired) electrons. The van der Waals surface area contributed by atoms with Gasteiger partial charge in [-0.25, -0.2) is 4.79 Å². The second kappa shape index (κ2) is 9.91. The van der Waals surface area contributed by atoms with Crippen molar-refractivity contribution < 1.29 is 19.4 Å². The van der Waals surface area contributed by atoms with E-state index in [1.807, 2.05) is 36.4 Å². The van der Waals surface area contributed by atoms with E-state index in [-0.39, 0.29) is 18.9 Å². The Hall–Kier alpha value is -4.66. The molecule has 1 amide bonds. The molecule has 2 N–H and O–H groups in total. The lowest BCUT2D eigenvalue weighted by molar-refractivity contribution is -0.137. The van der Waals surface area contributed by atoms with E-state index in [1.54, 1.807) is 31.2 Å². The number of nitrogens with zero attached hydrogens (tertiary/aromatic N) is 4. The summed E-state index contributed by atoms with van der Waals surface area (Å²) in [6.07, 6.45) is -0.976. The van der Waals surface area contributed by atoms with Crippen LogP contribution in [0.4, 0.5) is 4.79 Å². The van der Waals surface area contributed by atoms with Crippen LogP contribution in [0.1, 0.15) is 40.9 Å². The van der Waals surface area contributed by atoms with Crippen LogP contribution in [0.5, 0.6) is 0 Å². The van der Waals surface area contributed by atoms with Gasteiger partial charge >= 0.3 is 12.1 Å². The standard InChI is InChI=1S/C27H23N5O4/c1-16-29-31-26(32-30-16)18-12-10-17(11-13-18)24(14-25(33)34)28-27(35)36-15-23-21-8-4-2-6-19(21)20-7-3-5-9-22(20)23/h2-13,23-24H,14-15H2,1H3,(H,28,35)(H,33,34)/t24-/m1/s1. The van der Waals surface area contributed by atoms with Crippen molar-refractivity contribution in [3.8, 4) is 22.5 Å². The fourth-order valence-electron chi connectivity index (χ4n) is 4.47. The number of carboxylic acids is 1. The number of aliphatic carboxylic acids is 1. The smallest absolute Gasteiger partial charge is 0.407 e. The third-order valence-electron chi connectivity index (χ3n) is 6.16. The summed E-state index contributed by atoms with van der Waals surface area (Å²) >= 11 is 0. The van der Waals surface area contributed by atoms with Gasteiger partial charge in [-0.1, -0.05) is 72.8 Å². The number of carbonyl (C=O) groups excluding carboxylic acids is 1. The molecule has 3 aromatic carbocycles. The number of carbonyl (C=O) groups is 2. The fraction of sp³-hybridized carbons (Fsp3) is 0.185. The van der Waals surface area contributed by atoms with E-state index < -0.39 is 18.1 Å². The molecule has 1 aromatic heterocycles. The lowest BCUT2D eigenvalue weighted by Gasteiger charge is -2.19. The highest BCUT2D eigenvalue weighted by molar-refractivity contribution is 5.79. The lowest BCUT2D eigenvalue weighted by atomic mass is 9.98. The number of aryl methyl sites for hydroxylation is 1. The minimum absolute atomic E-state index is 0.0860. The van der Waals surface area contributed by atoms with Gasteiger partial charge in [-0.15, -0.1) is 20.4 Å². The molecule has 180 valence electrons. The molecule has 0 fully saturated rings. The second-order valence-electron chi connectivity index (χ2n) is 8.51. The Bertz CT molecular complexity index is 1360. The average Bonchev–Trinajstić information content (AvgIpc) is 3.21. The van der Waals surface area contributed by atoms with E-state index in [0.29, 0.717) is 22.8 Å². The molecule has 5 rings (SSSR count). The highest BCUT2D eigenvalue weighted by Gasteiger charge is 2.29. The van der Waals surface area contributed by atoms with E-state index in [4.69, 9.17) is 4.74 Å². The van der Waals surface area contributed by atoms with Gasteiger partial charge in [0, 0.05) is 11.5 Å². The minimum atomic E-state index is -1.04. The molecule has 1 aliphatic rings. The van der Waals surface area contributed by atoms with E-state index in [0.717, 1.165) is 22.3 Å². The number of ether oxygens (including phenoxy) is 1. The zero-order valence-electron chi connectivity index (χ0n) is 19.5. The topological polar surface area (TPSA) is 127 Å². The van der Waals surface area contributed by atoms with Crippen LogP contribution in [-0.4, -0.2) is 44.2 Å². The van der Waals surface area contributed by atoms with Crippen LogP contribution in [0, 0.1) is 6.92 Å². The van der Waals surface area contributed by atoms with Gasteiger partial charge in [0.1, 0.15) is 6.61 Å². The van der Waals surface area contributed by atoms with E-state index in [1.165, 1.54) is 0 Å². The first-order valence-electron chi connectivity index (χ1n) is 11.5.